The monoisotopic (exact) mass is 257 g/mol. The van der Waals surface area contributed by atoms with Gasteiger partial charge in [-0.05, 0) is 17.7 Å². The number of phenolic OH excluding ortho intramolecular Hbond substituents is 1. The van der Waals surface area contributed by atoms with E-state index in [1.54, 1.807) is 12.1 Å². The smallest absolute Gasteiger partial charge is 0.120 e. The van der Waals surface area contributed by atoms with Gasteiger partial charge in [0.2, 0.25) is 0 Å². The Morgan fingerprint density at radius 1 is 1.57 bits per heavy atom. The van der Waals surface area contributed by atoms with Crippen molar-refractivity contribution in [2.75, 3.05) is 6.61 Å². The molecule has 0 spiro atoms. The third-order valence-corrected chi connectivity index (χ3v) is 2.42. The molecule has 14 heavy (non-hydrogen) atoms. The van der Waals surface area contributed by atoms with Gasteiger partial charge in [0.15, 0.2) is 0 Å². The fourth-order valence-electron chi connectivity index (χ4n) is 1.10. The van der Waals surface area contributed by atoms with Crippen LogP contribution in [0, 0.1) is 0 Å². The molecular formula is C8H8BrN3O2. The maximum Gasteiger partial charge on any atom is 0.120 e. The molecule has 1 aromatic carbocycles. The zero-order valence-electron chi connectivity index (χ0n) is 7.13. The van der Waals surface area contributed by atoms with Crippen molar-refractivity contribution in [3.63, 3.8) is 0 Å². The van der Waals surface area contributed by atoms with Gasteiger partial charge >= 0.3 is 0 Å². The van der Waals surface area contributed by atoms with Crippen LogP contribution < -0.4 is 0 Å². The molecule has 0 aromatic heterocycles. The molecule has 0 radical (unpaired) electrons. The summed E-state index contributed by atoms with van der Waals surface area (Å²) in [5.74, 6) is -0.00850. The van der Waals surface area contributed by atoms with Crippen LogP contribution in [0.4, 0.5) is 0 Å². The first kappa shape index (κ1) is 10.8. The molecule has 0 bridgehead atoms. The second kappa shape index (κ2) is 4.85. The predicted molar refractivity (Wildman–Crippen MR) is 54.8 cm³/mol. The van der Waals surface area contributed by atoms with Gasteiger partial charge in [-0.2, -0.15) is 0 Å². The standard InChI is InChI=1S/C8H8BrN3O2/c9-5-2-1-3-7(14)8(5)6(4-13)11-12-10/h1-3,6,13-14H,4H2. The molecule has 2 N–H and O–H groups in total. The second-order valence-corrected chi connectivity index (χ2v) is 3.43. The molecular weight excluding hydrogens is 250 g/mol. The molecule has 0 fully saturated rings. The summed E-state index contributed by atoms with van der Waals surface area (Å²) >= 11 is 3.20. The van der Waals surface area contributed by atoms with Crippen LogP contribution in [0.15, 0.2) is 27.8 Å². The maximum absolute atomic E-state index is 9.50. The minimum Gasteiger partial charge on any atom is -0.508 e. The average Bonchev–Trinajstić information content (AvgIpc) is 2.16. The largest absolute Gasteiger partial charge is 0.508 e. The Morgan fingerprint density at radius 3 is 2.79 bits per heavy atom. The number of aliphatic hydroxyl groups excluding tert-OH is 1. The van der Waals surface area contributed by atoms with Crippen molar-refractivity contribution in [2.24, 2.45) is 5.11 Å². The molecule has 5 nitrogen and oxygen atoms in total. The number of halogens is 1. The normalized spacial score (nSPS) is 11.9. The zero-order valence-corrected chi connectivity index (χ0v) is 8.72. The highest BCUT2D eigenvalue weighted by molar-refractivity contribution is 9.10. The average molecular weight is 258 g/mol. The number of benzene rings is 1. The lowest BCUT2D eigenvalue weighted by atomic mass is 10.1. The number of hydrogen-bond donors (Lipinski definition) is 2. The highest BCUT2D eigenvalue weighted by Crippen LogP contribution is 2.33. The van der Waals surface area contributed by atoms with E-state index in [2.05, 4.69) is 26.0 Å². The van der Waals surface area contributed by atoms with Gasteiger partial charge in [-0.15, -0.1) is 0 Å². The number of aromatic hydroxyl groups is 1. The van der Waals surface area contributed by atoms with E-state index < -0.39 is 6.04 Å². The topological polar surface area (TPSA) is 89.2 Å². The van der Waals surface area contributed by atoms with Gasteiger partial charge in [-0.1, -0.05) is 27.1 Å². The summed E-state index contributed by atoms with van der Waals surface area (Å²) < 4.78 is 0.601. The van der Waals surface area contributed by atoms with Crippen LogP contribution in [0.2, 0.25) is 0 Å². The summed E-state index contributed by atoms with van der Waals surface area (Å²) in [6.07, 6.45) is 0. The number of azide groups is 1. The first-order chi connectivity index (χ1) is 6.70. The first-order valence-corrected chi connectivity index (χ1v) is 4.62. The Labute approximate surface area is 88.8 Å². The fourth-order valence-corrected chi connectivity index (χ4v) is 1.72. The number of rotatable bonds is 3. The van der Waals surface area contributed by atoms with Crippen molar-refractivity contribution in [3.8, 4) is 5.75 Å². The van der Waals surface area contributed by atoms with E-state index in [-0.39, 0.29) is 12.4 Å². The lowest BCUT2D eigenvalue weighted by molar-refractivity contribution is 0.265. The summed E-state index contributed by atoms with van der Waals surface area (Å²) in [6, 6.07) is 4.05. The Hall–Kier alpha value is -1.23. The number of aliphatic hydroxyl groups is 1. The Balaban J connectivity index is 3.21. The Bertz CT molecular complexity index is 357. The van der Waals surface area contributed by atoms with Crippen molar-refractivity contribution < 1.29 is 10.2 Å². The minimum absolute atomic E-state index is 0.00850. The van der Waals surface area contributed by atoms with Gasteiger partial charge in [-0.25, -0.2) is 0 Å². The molecule has 1 atom stereocenters. The first-order valence-electron chi connectivity index (χ1n) is 3.83. The number of phenols is 1. The number of nitrogens with zero attached hydrogens (tertiary/aromatic N) is 3. The van der Waals surface area contributed by atoms with Crippen LogP contribution in [0.5, 0.6) is 5.75 Å². The predicted octanol–water partition coefficient (Wildman–Crippen LogP) is 2.50. The summed E-state index contributed by atoms with van der Waals surface area (Å²) in [4.78, 5) is 2.60. The molecule has 0 saturated heterocycles. The van der Waals surface area contributed by atoms with Crippen LogP contribution in [-0.2, 0) is 0 Å². The summed E-state index contributed by atoms with van der Waals surface area (Å²) in [5, 5.41) is 21.8. The van der Waals surface area contributed by atoms with Gasteiger partial charge in [0.1, 0.15) is 5.75 Å². The van der Waals surface area contributed by atoms with Crippen LogP contribution in [0.3, 0.4) is 0 Å². The molecule has 0 amide bonds. The molecule has 0 saturated carbocycles. The molecule has 1 rings (SSSR count). The van der Waals surface area contributed by atoms with Crippen LogP contribution in [-0.4, -0.2) is 16.8 Å². The molecule has 0 aliphatic heterocycles. The van der Waals surface area contributed by atoms with Crippen molar-refractivity contribution in [1.29, 1.82) is 0 Å². The highest BCUT2D eigenvalue weighted by atomic mass is 79.9. The zero-order chi connectivity index (χ0) is 10.6. The summed E-state index contributed by atoms with van der Waals surface area (Å²) in [5.41, 5.74) is 8.66. The van der Waals surface area contributed by atoms with Crippen LogP contribution in [0.25, 0.3) is 10.4 Å². The van der Waals surface area contributed by atoms with Crippen molar-refractivity contribution >= 4 is 15.9 Å². The van der Waals surface area contributed by atoms with Crippen LogP contribution >= 0.6 is 15.9 Å². The third-order valence-electron chi connectivity index (χ3n) is 1.73. The van der Waals surface area contributed by atoms with E-state index in [1.807, 2.05) is 0 Å². The van der Waals surface area contributed by atoms with Crippen molar-refractivity contribution in [3.05, 3.63) is 38.7 Å². The summed E-state index contributed by atoms with van der Waals surface area (Å²) in [7, 11) is 0. The van der Waals surface area contributed by atoms with Crippen LogP contribution in [0.1, 0.15) is 11.6 Å². The number of hydrogen-bond acceptors (Lipinski definition) is 3. The molecule has 0 aliphatic rings. The van der Waals surface area contributed by atoms with Crippen molar-refractivity contribution in [2.45, 2.75) is 6.04 Å². The van der Waals surface area contributed by atoms with Crippen molar-refractivity contribution in [1.82, 2.24) is 0 Å². The molecule has 0 aliphatic carbocycles. The second-order valence-electron chi connectivity index (χ2n) is 2.58. The summed E-state index contributed by atoms with van der Waals surface area (Å²) in [6.45, 7) is -0.347. The molecule has 74 valence electrons. The van der Waals surface area contributed by atoms with E-state index in [1.165, 1.54) is 6.07 Å². The minimum atomic E-state index is -0.768. The molecule has 1 aromatic rings. The highest BCUT2D eigenvalue weighted by Gasteiger charge is 2.15. The lowest BCUT2D eigenvalue weighted by Crippen LogP contribution is -2.01. The van der Waals surface area contributed by atoms with Gasteiger partial charge in [0, 0.05) is 14.9 Å². The van der Waals surface area contributed by atoms with E-state index in [9.17, 15) is 5.11 Å². The van der Waals surface area contributed by atoms with Gasteiger partial charge in [0.05, 0.1) is 12.6 Å². The van der Waals surface area contributed by atoms with E-state index in [4.69, 9.17) is 10.6 Å². The van der Waals surface area contributed by atoms with Gasteiger partial charge < -0.3 is 10.2 Å². The third kappa shape index (κ3) is 2.17. The van der Waals surface area contributed by atoms with E-state index in [0.29, 0.717) is 10.0 Å². The van der Waals surface area contributed by atoms with E-state index >= 15 is 0 Å². The Kier molecular flexibility index (Phi) is 3.76. The Morgan fingerprint density at radius 2 is 2.29 bits per heavy atom. The quantitative estimate of drug-likeness (QED) is 0.495. The lowest BCUT2D eigenvalue weighted by Gasteiger charge is -2.11. The van der Waals surface area contributed by atoms with Gasteiger partial charge in [-0.3, -0.25) is 0 Å². The van der Waals surface area contributed by atoms with Gasteiger partial charge in [0.25, 0.3) is 0 Å². The molecule has 6 heteroatoms. The molecule has 0 heterocycles. The SMILES string of the molecule is [N-]=[N+]=NC(CO)c1c(O)cccc1Br. The molecule has 1 unspecified atom stereocenters. The maximum atomic E-state index is 9.50. The fraction of sp³-hybridized carbons (Fsp3) is 0.250. The van der Waals surface area contributed by atoms with E-state index in [0.717, 1.165) is 0 Å².